The number of aromatic nitrogens is 1. The predicted octanol–water partition coefficient (Wildman–Crippen LogP) is 3.19. The van der Waals surface area contributed by atoms with Crippen LogP contribution >= 0.6 is 15.9 Å². The number of aliphatic hydroxyl groups excluding tert-OH is 1. The summed E-state index contributed by atoms with van der Waals surface area (Å²) in [6.45, 7) is 6.18. The van der Waals surface area contributed by atoms with E-state index in [1.54, 1.807) is 6.20 Å². The van der Waals surface area contributed by atoms with E-state index in [9.17, 15) is 4.39 Å². The van der Waals surface area contributed by atoms with E-state index in [4.69, 9.17) is 5.11 Å². The summed E-state index contributed by atoms with van der Waals surface area (Å²) in [6.07, 6.45) is 2.10. The number of pyridine rings is 1. The van der Waals surface area contributed by atoms with E-state index in [1.807, 2.05) is 20.8 Å². The molecule has 0 aliphatic heterocycles. The molecule has 0 amide bonds. The Morgan fingerprint density at radius 1 is 1.53 bits per heavy atom. The van der Waals surface area contributed by atoms with E-state index in [-0.39, 0.29) is 23.9 Å². The van der Waals surface area contributed by atoms with Crippen molar-refractivity contribution in [3.8, 4) is 0 Å². The molecule has 0 aliphatic rings. The highest BCUT2D eigenvalue weighted by atomic mass is 79.9. The van der Waals surface area contributed by atoms with Crippen LogP contribution in [-0.2, 0) is 0 Å². The standard InChI is InChI=1S/C12H18BrFN2O/c1-12(2,3)10(4-5-17)16-11-9(14)6-8(13)7-15-11/h6-7,10,17H,4-5H2,1-3H3,(H,15,16). The monoisotopic (exact) mass is 304 g/mol. The largest absolute Gasteiger partial charge is 0.396 e. The van der Waals surface area contributed by atoms with Crippen LogP contribution < -0.4 is 5.32 Å². The van der Waals surface area contributed by atoms with Crippen LogP contribution in [0.5, 0.6) is 0 Å². The van der Waals surface area contributed by atoms with Gasteiger partial charge in [-0.05, 0) is 33.8 Å². The molecule has 0 fully saturated rings. The molecule has 0 saturated carbocycles. The van der Waals surface area contributed by atoms with Crippen LogP contribution in [0.2, 0.25) is 0 Å². The lowest BCUT2D eigenvalue weighted by Gasteiger charge is -2.31. The Morgan fingerprint density at radius 2 is 2.18 bits per heavy atom. The molecule has 0 bridgehead atoms. The minimum Gasteiger partial charge on any atom is -0.396 e. The number of nitrogens with zero attached hydrogens (tertiary/aromatic N) is 1. The number of nitrogens with one attached hydrogen (secondary N) is 1. The van der Waals surface area contributed by atoms with Gasteiger partial charge in [0, 0.05) is 23.3 Å². The molecule has 0 aromatic carbocycles. The van der Waals surface area contributed by atoms with Crippen LogP contribution in [0.4, 0.5) is 10.2 Å². The fourth-order valence-corrected chi connectivity index (χ4v) is 1.84. The molecule has 0 radical (unpaired) electrons. The highest BCUT2D eigenvalue weighted by molar-refractivity contribution is 9.10. The van der Waals surface area contributed by atoms with Gasteiger partial charge in [0.25, 0.3) is 0 Å². The van der Waals surface area contributed by atoms with E-state index in [2.05, 4.69) is 26.2 Å². The third-order valence-electron chi connectivity index (χ3n) is 2.58. The van der Waals surface area contributed by atoms with Crippen molar-refractivity contribution in [2.45, 2.75) is 33.2 Å². The Morgan fingerprint density at radius 3 is 2.65 bits per heavy atom. The van der Waals surface area contributed by atoms with Gasteiger partial charge in [-0.2, -0.15) is 0 Å². The SMILES string of the molecule is CC(C)(C)C(CCO)Nc1ncc(Br)cc1F. The molecule has 1 heterocycles. The molecule has 2 N–H and O–H groups in total. The Balaban J connectivity index is 2.86. The number of anilines is 1. The van der Waals surface area contributed by atoms with Crippen LogP contribution in [0.3, 0.4) is 0 Å². The molecule has 1 rings (SSSR count). The van der Waals surface area contributed by atoms with Crippen molar-refractivity contribution in [1.29, 1.82) is 0 Å². The molecule has 17 heavy (non-hydrogen) atoms. The first-order valence-electron chi connectivity index (χ1n) is 5.53. The van der Waals surface area contributed by atoms with E-state index < -0.39 is 5.82 Å². The summed E-state index contributed by atoms with van der Waals surface area (Å²) >= 11 is 3.16. The molecule has 1 unspecified atom stereocenters. The summed E-state index contributed by atoms with van der Waals surface area (Å²) in [5.74, 6) is -0.173. The summed E-state index contributed by atoms with van der Waals surface area (Å²) in [6, 6.07) is 1.34. The maximum atomic E-state index is 13.6. The molecule has 0 saturated heterocycles. The van der Waals surface area contributed by atoms with Crippen molar-refractivity contribution >= 4 is 21.7 Å². The minimum atomic E-state index is -0.397. The zero-order valence-electron chi connectivity index (χ0n) is 10.3. The van der Waals surface area contributed by atoms with Gasteiger partial charge in [-0.15, -0.1) is 0 Å². The summed E-state index contributed by atoms with van der Waals surface area (Å²) in [5.41, 5.74) is -0.0794. The highest BCUT2D eigenvalue weighted by Crippen LogP contribution is 2.26. The lowest BCUT2D eigenvalue weighted by Crippen LogP contribution is -2.35. The molecular weight excluding hydrogens is 287 g/mol. The zero-order chi connectivity index (χ0) is 13.1. The van der Waals surface area contributed by atoms with Crippen molar-refractivity contribution in [2.24, 2.45) is 5.41 Å². The molecular formula is C12H18BrFN2O. The second-order valence-corrected chi connectivity index (χ2v) is 5.97. The molecule has 1 aromatic heterocycles. The first-order valence-corrected chi connectivity index (χ1v) is 6.32. The van der Waals surface area contributed by atoms with Gasteiger partial charge >= 0.3 is 0 Å². The van der Waals surface area contributed by atoms with Crippen molar-refractivity contribution < 1.29 is 9.50 Å². The number of rotatable bonds is 4. The van der Waals surface area contributed by atoms with E-state index in [0.717, 1.165) is 0 Å². The third kappa shape index (κ3) is 4.24. The van der Waals surface area contributed by atoms with Crippen LogP contribution in [-0.4, -0.2) is 22.7 Å². The van der Waals surface area contributed by atoms with E-state index >= 15 is 0 Å². The molecule has 1 aromatic rings. The zero-order valence-corrected chi connectivity index (χ0v) is 11.9. The smallest absolute Gasteiger partial charge is 0.166 e. The van der Waals surface area contributed by atoms with Gasteiger partial charge in [0.15, 0.2) is 11.6 Å². The van der Waals surface area contributed by atoms with Gasteiger partial charge in [-0.1, -0.05) is 20.8 Å². The third-order valence-corrected chi connectivity index (χ3v) is 3.02. The van der Waals surface area contributed by atoms with Crippen LogP contribution in [0, 0.1) is 11.2 Å². The molecule has 3 nitrogen and oxygen atoms in total. The first kappa shape index (κ1) is 14.4. The van der Waals surface area contributed by atoms with Gasteiger partial charge < -0.3 is 10.4 Å². The fourth-order valence-electron chi connectivity index (χ4n) is 1.54. The second-order valence-electron chi connectivity index (χ2n) is 5.06. The van der Waals surface area contributed by atoms with Gasteiger partial charge in [0.2, 0.25) is 0 Å². The van der Waals surface area contributed by atoms with Gasteiger partial charge in [0.1, 0.15) is 0 Å². The van der Waals surface area contributed by atoms with Crippen molar-refractivity contribution in [2.75, 3.05) is 11.9 Å². The highest BCUT2D eigenvalue weighted by Gasteiger charge is 2.25. The van der Waals surface area contributed by atoms with Gasteiger partial charge in [0.05, 0.1) is 0 Å². The van der Waals surface area contributed by atoms with Crippen molar-refractivity contribution in [3.05, 3.63) is 22.6 Å². The lowest BCUT2D eigenvalue weighted by atomic mass is 9.85. The van der Waals surface area contributed by atoms with Gasteiger partial charge in [-0.25, -0.2) is 9.37 Å². The van der Waals surface area contributed by atoms with Crippen LogP contribution in [0.25, 0.3) is 0 Å². The number of hydrogen-bond donors (Lipinski definition) is 2. The first-order chi connectivity index (χ1) is 7.84. The maximum Gasteiger partial charge on any atom is 0.166 e. The Bertz CT molecular complexity index is 379. The molecule has 0 aliphatic carbocycles. The number of halogens is 2. The Labute approximate surface area is 110 Å². The lowest BCUT2D eigenvalue weighted by molar-refractivity contribution is 0.234. The number of hydrogen-bond acceptors (Lipinski definition) is 3. The summed E-state index contributed by atoms with van der Waals surface area (Å²) in [4.78, 5) is 4.00. The van der Waals surface area contributed by atoms with Crippen LogP contribution in [0.1, 0.15) is 27.2 Å². The summed E-state index contributed by atoms with van der Waals surface area (Å²) in [7, 11) is 0. The quantitative estimate of drug-likeness (QED) is 0.898. The maximum absolute atomic E-state index is 13.6. The summed E-state index contributed by atoms with van der Waals surface area (Å²) in [5, 5.41) is 12.1. The fraction of sp³-hybridized carbons (Fsp3) is 0.583. The molecule has 96 valence electrons. The molecule has 0 spiro atoms. The average molecular weight is 305 g/mol. The molecule has 5 heteroatoms. The topological polar surface area (TPSA) is 45.1 Å². The summed E-state index contributed by atoms with van der Waals surface area (Å²) < 4.78 is 14.2. The van der Waals surface area contributed by atoms with E-state index in [1.165, 1.54) is 6.07 Å². The van der Waals surface area contributed by atoms with Crippen molar-refractivity contribution in [1.82, 2.24) is 4.98 Å². The normalized spacial score (nSPS) is 13.5. The minimum absolute atomic E-state index is 0.0318. The van der Waals surface area contributed by atoms with Gasteiger partial charge in [-0.3, -0.25) is 0 Å². The predicted molar refractivity (Wildman–Crippen MR) is 70.5 cm³/mol. The van der Waals surface area contributed by atoms with Crippen LogP contribution in [0.15, 0.2) is 16.7 Å². The molecule has 1 atom stereocenters. The number of aliphatic hydroxyl groups is 1. The Kier molecular flexibility index (Phi) is 4.89. The average Bonchev–Trinajstić information content (AvgIpc) is 2.19. The van der Waals surface area contributed by atoms with E-state index in [0.29, 0.717) is 10.9 Å². The Hall–Kier alpha value is -0.680. The second kappa shape index (κ2) is 5.78. The van der Waals surface area contributed by atoms with Crippen molar-refractivity contribution in [3.63, 3.8) is 0 Å².